The van der Waals surface area contributed by atoms with Gasteiger partial charge in [0, 0.05) is 31.1 Å². The molecule has 29 heavy (non-hydrogen) atoms. The van der Waals surface area contributed by atoms with E-state index >= 15 is 0 Å². The second-order valence-corrected chi connectivity index (χ2v) is 8.04. The zero-order chi connectivity index (χ0) is 20.3. The highest BCUT2D eigenvalue weighted by atomic mass is 16.5. The fourth-order valence-corrected chi connectivity index (χ4v) is 4.44. The van der Waals surface area contributed by atoms with Crippen molar-refractivity contribution < 1.29 is 19.0 Å². The van der Waals surface area contributed by atoms with Gasteiger partial charge in [0.1, 0.15) is 0 Å². The third kappa shape index (κ3) is 4.10. The van der Waals surface area contributed by atoms with Crippen molar-refractivity contribution in [2.45, 2.75) is 30.6 Å². The molecule has 2 aromatic carbocycles. The Morgan fingerprint density at radius 3 is 2.48 bits per heavy atom. The van der Waals surface area contributed by atoms with Crippen LogP contribution in [0.4, 0.5) is 0 Å². The van der Waals surface area contributed by atoms with Gasteiger partial charge in [-0.15, -0.1) is 0 Å². The van der Waals surface area contributed by atoms with Crippen LogP contribution in [0.25, 0.3) is 0 Å². The van der Waals surface area contributed by atoms with Crippen molar-refractivity contribution in [3.05, 3.63) is 59.7 Å². The van der Waals surface area contributed by atoms with Crippen LogP contribution in [-0.2, 0) is 14.9 Å². The van der Waals surface area contributed by atoms with Crippen molar-refractivity contribution in [1.29, 1.82) is 0 Å². The smallest absolute Gasteiger partial charge is 0.223 e. The Hall–Kier alpha value is -2.53. The molecule has 154 valence electrons. The first kappa shape index (κ1) is 19.8. The molecule has 2 unspecified atom stereocenters. The number of methoxy groups -OCH3 is 2. The quantitative estimate of drug-likeness (QED) is 0.777. The molecule has 1 aliphatic heterocycles. The molecule has 1 amide bonds. The maximum atomic E-state index is 12.8. The third-order valence-electron chi connectivity index (χ3n) is 6.40. The van der Waals surface area contributed by atoms with E-state index in [1.807, 2.05) is 30.3 Å². The molecule has 2 atom stereocenters. The number of hydrogen-bond donors (Lipinski definition) is 1. The van der Waals surface area contributed by atoms with Crippen LogP contribution in [0, 0.1) is 5.92 Å². The summed E-state index contributed by atoms with van der Waals surface area (Å²) in [7, 11) is 3.29. The third-order valence-corrected chi connectivity index (χ3v) is 6.40. The Bertz CT molecular complexity index is 845. The minimum absolute atomic E-state index is 0.0831. The Morgan fingerprint density at radius 1 is 1.07 bits per heavy atom. The zero-order valence-corrected chi connectivity index (χ0v) is 17.1. The van der Waals surface area contributed by atoms with Crippen molar-refractivity contribution in [2.75, 3.05) is 34.0 Å². The van der Waals surface area contributed by atoms with Gasteiger partial charge in [-0.3, -0.25) is 4.79 Å². The molecule has 4 rings (SSSR count). The predicted octanol–water partition coefficient (Wildman–Crippen LogP) is 3.67. The van der Waals surface area contributed by atoms with E-state index in [9.17, 15) is 4.79 Å². The second kappa shape index (κ2) is 8.46. The van der Waals surface area contributed by atoms with Gasteiger partial charge in [-0.25, -0.2) is 0 Å². The highest BCUT2D eigenvalue weighted by Gasteiger charge is 2.45. The van der Waals surface area contributed by atoms with Gasteiger partial charge in [0.15, 0.2) is 11.5 Å². The van der Waals surface area contributed by atoms with Crippen LogP contribution in [0.15, 0.2) is 48.5 Å². The molecule has 1 saturated heterocycles. The van der Waals surface area contributed by atoms with Crippen LogP contribution >= 0.6 is 0 Å². The SMILES string of the molecule is COc1ccc(C2(CNC(=O)C3CC3c3ccccc3)CCOCC2)cc1OC. The summed E-state index contributed by atoms with van der Waals surface area (Å²) in [4.78, 5) is 12.8. The minimum atomic E-state index is -0.148. The minimum Gasteiger partial charge on any atom is -0.493 e. The number of rotatable bonds is 7. The standard InChI is InChI=1S/C24H29NO4/c1-27-21-9-8-18(14-22(21)28-2)24(10-12-29-13-11-24)16-25-23(26)20-15-19(20)17-6-4-3-5-7-17/h3-9,14,19-20H,10-13,15-16H2,1-2H3,(H,25,26). The Balaban J connectivity index is 1.47. The summed E-state index contributed by atoms with van der Waals surface area (Å²) in [6.45, 7) is 2.00. The number of hydrogen-bond acceptors (Lipinski definition) is 4. The van der Waals surface area contributed by atoms with Crippen molar-refractivity contribution >= 4 is 5.91 Å². The zero-order valence-electron chi connectivity index (χ0n) is 17.1. The molecule has 2 aromatic rings. The van der Waals surface area contributed by atoms with Crippen LogP contribution < -0.4 is 14.8 Å². The van der Waals surface area contributed by atoms with Crippen LogP contribution in [-0.4, -0.2) is 39.9 Å². The van der Waals surface area contributed by atoms with Gasteiger partial charge < -0.3 is 19.5 Å². The highest BCUT2D eigenvalue weighted by Crippen LogP contribution is 2.47. The average Bonchev–Trinajstić information content (AvgIpc) is 3.59. The molecule has 0 aromatic heterocycles. The first-order chi connectivity index (χ1) is 14.2. The lowest BCUT2D eigenvalue weighted by Crippen LogP contribution is -2.45. The van der Waals surface area contributed by atoms with Crippen molar-refractivity contribution in [3.8, 4) is 11.5 Å². The Morgan fingerprint density at radius 2 is 1.79 bits per heavy atom. The number of ether oxygens (including phenoxy) is 3. The van der Waals surface area contributed by atoms with Crippen LogP contribution in [0.3, 0.4) is 0 Å². The molecule has 1 heterocycles. The Labute approximate surface area is 172 Å². The van der Waals surface area contributed by atoms with E-state index in [-0.39, 0.29) is 17.2 Å². The van der Waals surface area contributed by atoms with Gasteiger partial charge in [0.25, 0.3) is 0 Å². The van der Waals surface area contributed by atoms with Gasteiger partial charge in [-0.2, -0.15) is 0 Å². The van der Waals surface area contributed by atoms with E-state index in [0.29, 0.717) is 37.2 Å². The first-order valence-electron chi connectivity index (χ1n) is 10.3. The van der Waals surface area contributed by atoms with Crippen molar-refractivity contribution in [1.82, 2.24) is 5.32 Å². The molecule has 1 aliphatic carbocycles. The van der Waals surface area contributed by atoms with Crippen molar-refractivity contribution in [2.24, 2.45) is 5.92 Å². The van der Waals surface area contributed by atoms with Gasteiger partial charge in [-0.05, 0) is 48.4 Å². The van der Waals surface area contributed by atoms with E-state index in [4.69, 9.17) is 14.2 Å². The van der Waals surface area contributed by atoms with Gasteiger partial charge in [0.2, 0.25) is 5.91 Å². The molecule has 2 aliphatic rings. The Kier molecular flexibility index (Phi) is 5.76. The van der Waals surface area contributed by atoms with E-state index in [1.54, 1.807) is 14.2 Å². The molecule has 1 N–H and O–H groups in total. The molecule has 0 radical (unpaired) electrons. The number of nitrogens with one attached hydrogen (secondary N) is 1. The van der Waals surface area contributed by atoms with Crippen LogP contribution in [0.1, 0.15) is 36.3 Å². The van der Waals surface area contributed by atoms with E-state index < -0.39 is 0 Å². The molecule has 5 heteroatoms. The lowest BCUT2D eigenvalue weighted by atomic mass is 9.74. The van der Waals surface area contributed by atoms with E-state index in [0.717, 1.165) is 24.8 Å². The molecular weight excluding hydrogens is 366 g/mol. The highest BCUT2D eigenvalue weighted by molar-refractivity contribution is 5.83. The van der Waals surface area contributed by atoms with Gasteiger partial charge in [-0.1, -0.05) is 36.4 Å². The molecule has 5 nitrogen and oxygen atoms in total. The fourth-order valence-electron chi connectivity index (χ4n) is 4.44. The summed E-state index contributed by atoms with van der Waals surface area (Å²) in [6, 6.07) is 16.4. The molecular formula is C24H29NO4. The van der Waals surface area contributed by atoms with E-state index in [2.05, 4.69) is 23.5 Å². The maximum Gasteiger partial charge on any atom is 0.223 e. The normalized spacial score (nSPS) is 22.6. The largest absolute Gasteiger partial charge is 0.493 e. The van der Waals surface area contributed by atoms with E-state index in [1.165, 1.54) is 5.56 Å². The lowest BCUT2D eigenvalue weighted by molar-refractivity contribution is -0.122. The monoisotopic (exact) mass is 395 g/mol. The summed E-state index contributed by atoms with van der Waals surface area (Å²) in [6.07, 6.45) is 2.67. The number of amides is 1. The van der Waals surface area contributed by atoms with Gasteiger partial charge >= 0.3 is 0 Å². The summed E-state index contributed by atoms with van der Waals surface area (Å²) >= 11 is 0. The summed E-state index contributed by atoms with van der Waals surface area (Å²) < 4.78 is 16.5. The molecule has 1 saturated carbocycles. The maximum absolute atomic E-state index is 12.8. The lowest BCUT2D eigenvalue weighted by Gasteiger charge is -2.38. The summed E-state index contributed by atoms with van der Waals surface area (Å²) in [5, 5.41) is 3.25. The number of benzene rings is 2. The molecule has 0 spiro atoms. The summed E-state index contributed by atoms with van der Waals surface area (Å²) in [5.74, 6) is 2.02. The second-order valence-electron chi connectivity index (χ2n) is 8.04. The number of carbonyl (C=O) groups excluding carboxylic acids is 1. The average molecular weight is 395 g/mol. The first-order valence-corrected chi connectivity index (χ1v) is 10.3. The molecule has 2 fully saturated rings. The van der Waals surface area contributed by atoms with Crippen molar-refractivity contribution in [3.63, 3.8) is 0 Å². The fraction of sp³-hybridized carbons (Fsp3) is 0.458. The number of carbonyl (C=O) groups is 1. The molecule has 0 bridgehead atoms. The topological polar surface area (TPSA) is 56.8 Å². The summed E-state index contributed by atoms with van der Waals surface area (Å²) in [5.41, 5.74) is 2.27. The predicted molar refractivity (Wildman–Crippen MR) is 112 cm³/mol. The van der Waals surface area contributed by atoms with Crippen LogP contribution in [0.5, 0.6) is 11.5 Å². The van der Waals surface area contributed by atoms with Gasteiger partial charge in [0.05, 0.1) is 14.2 Å². The van der Waals surface area contributed by atoms with Crippen LogP contribution in [0.2, 0.25) is 0 Å².